The van der Waals surface area contributed by atoms with E-state index in [1.54, 1.807) is 18.2 Å². The minimum Gasteiger partial charge on any atom is -0.325 e. The van der Waals surface area contributed by atoms with Gasteiger partial charge in [0.05, 0.1) is 11.4 Å². The van der Waals surface area contributed by atoms with Crippen molar-refractivity contribution in [3.63, 3.8) is 0 Å². The summed E-state index contributed by atoms with van der Waals surface area (Å²) >= 11 is 0. The summed E-state index contributed by atoms with van der Waals surface area (Å²) in [5.74, 6) is -0.387. The van der Waals surface area contributed by atoms with Crippen molar-refractivity contribution < 1.29 is 13.2 Å². The Labute approximate surface area is 165 Å². The van der Waals surface area contributed by atoms with Crippen LogP contribution in [0.15, 0.2) is 89.8 Å². The minimum absolute atomic E-state index is 0.162. The van der Waals surface area contributed by atoms with Gasteiger partial charge in [-0.2, -0.15) is 4.31 Å². The number of carbonyl (C=O) groups is 1. The van der Waals surface area contributed by atoms with E-state index in [0.717, 1.165) is 15.4 Å². The molecule has 0 radical (unpaired) electrons. The van der Waals surface area contributed by atoms with Crippen molar-refractivity contribution in [2.45, 2.75) is 11.3 Å². The lowest BCUT2D eigenvalue weighted by molar-refractivity contribution is -0.116. The Balaban J connectivity index is 1.70. The predicted octanol–water partition coefficient (Wildman–Crippen LogP) is 3.54. The first-order valence-corrected chi connectivity index (χ1v) is 10.3. The maximum absolute atomic E-state index is 12.6. The normalized spacial score (nSPS) is 11.4. The molecule has 144 valence electrons. The van der Waals surface area contributed by atoms with Crippen LogP contribution < -0.4 is 5.32 Å². The number of rotatable bonds is 7. The number of hydrogen-bond donors (Lipinski definition) is 1. The average Bonchev–Trinajstić information content (AvgIpc) is 2.71. The van der Waals surface area contributed by atoms with Gasteiger partial charge in [0.25, 0.3) is 0 Å². The highest BCUT2D eigenvalue weighted by molar-refractivity contribution is 7.89. The molecule has 3 rings (SSSR count). The number of carbonyl (C=O) groups excluding carboxylic acids is 1. The van der Waals surface area contributed by atoms with Crippen LogP contribution in [0.3, 0.4) is 0 Å². The van der Waals surface area contributed by atoms with E-state index in [1.807, 2.05) is 54.6 Å². The molecule has 0 fully saturated rings. The molecule has 3 aromatic carbocycles. The molecule has 0 aliphatic rings. The van der Waals surface area contributed by atoms with Gasteiger partial charge in [0.15, 0.2) is 0 Å². The minimum atomic E-state index is -3.71. The van der Waals surface area contributed by atoms with Gasteiger partial charge in [-0.25, -0.2) is 8.42 Å². The van der Waals surface area contributed by atoms with Gasteiger partial charge in [0.1, 0.15) is 0 Å². The topological polar surface area (TPSA) is 66.5 Å². The number of nitrogens with one attached hydrogen (secondary N) is 1. The molecule has 1 amide bonds. The van der Waals surface area contributed by atoms with Crippen molar-refractivity contribution in [3.8, 4) is 0 Å². The molecular formula is C22H22N2O3S. The Morgan fingerprint density at radius 1 is 0.857 bits per heavy atom. The van der Waals surface area contributed by atoms with Crippen LogP contribution in [0.2, 0.25) is 0 Å². The summed E-state index contributed by atoms with van der Waals surface area (Å²) in [4.78, 5) is 12.7. The molecule has 0 saturated carbocycles. The molecule has 5 nitrogen and oxygen atoms in total. The number of likely N-dealkylation sites (N-methyl/N-ethyl adjacent to an activating group) is 1. The largest absolute Gasteiger partial charge is 0.325 e. The highest BCUT2D eigenvalue weighted by Crippen LogP contribution is 2.19. The van der Waals surface area contributed by atoms with Crippen molar-refractivity contribution >= 4 is 21.6 Å². The molecule has 1 N–H and O–H groups in total. The van der Waals surface area contributed by atoms with E-state index >= 15 is 0 Å². The van der Waals surface area contributed by atoms with Gasteiger partial charge in [-0.05, 0) is 35.7 Å². The maximum Gasteiger partial charge on any atom is 0.243 e. The first kappa shape index (κ1) is 19.8. The fraction of sp³-hybridized carbons (Fsp3) is 0.136. The summed E-state index contributed by atoms with van der Waals surface area (Å²) in [6.07, 6.45) is 0.676. The number of benzene rings is 3. The van der Waals surface area contributed by atoms with Crippen molar-refractivity contribution in [2.24, 2.45) is 0 Å². The van der Waals surface area contributed by atoms with Gasteiger partial charge in [0, 0.05) is 12.7 Å². The van der Waals surface area contributed by atoms with E-state index < -0.39 is 10.0 Å². The molecule has 3 aromatic rings. The van der Waals surface area contributed by atoms with Crippen molar-refractivity contribution in [3.05, 3.63) is 96.1 Å². The molecule has 0 aliphatic heterocycles. The Morgan fingerprint density at radius 2 is 1.43 bits per heavy atom. The van der Waals surface area contributed by atoms with Crippen LogP contribution in [-0.2, 0) is 21.2 Å². The van der Waals surface area contributed by atoms with Crippen molar-refractivity contribution in [2.75, 3.05) is 18.9 Å². The second-order valence-corrected chi connectivity index (χ2v) is 8.49. The Kier molecular flexibility index (Phi) is 6.23. The SMILES string of the molecule is CN(CC(=O)Nc1ccccc1Cc1ccccc1)S(=O)(=O)c1ccccc1. The lowest BCUT2D eigenvalue weighted by Gasteiger charge is -2.18. The van der Waals surface area contributed by atoms with Gasteiger partial charge in [-0.3, -0.25) is 4.79 Å². The van der Waals surface area contributed by atoms with E-state index in [9.17, 15) is 13.2 Å². The number of nitrogens with zero attached hydrogens (tertiary/aromatic N) is 1. The highest BCUT2D eigenvalue weighted by Gasteiger charge is 2.22. The fourth-order valence-corrected chi connectivity index (χ4v) is 4.01. The number of anilines is 1. The van der Waals surface area contributed by atoms with Crippen LogP contribution in [0.1, 0.15) is 11.1 Å². The maximum atomic E-state index is 12.6. The van der Waals surface area contributed by atoms with Gasteiger partial charge in [0.2, 0.25) is 15.9 Å². The Bertz CT molecular complexity index is 1040. The highest BCUT2D eigenvalue weighted by atomic mass is 32.2. The second kappa shape index (κ2) is 8.82. The first-order chi connectivity index (χ1) is 13.5. The van der Waals surface area contributed by atoms with Gasteiger partial charge < -0.3 is 5.32 Å². The van der Waals surface area contributed by atoms with Crippen LogP contribution in [0, 0.1) is 0 Å². The van der Waals surface area contributed by atoms with Crippen LogP contribution in [0.5, 0.6) is 0 Å². The third-order valence-corrected chi connectivity index (χ3v) is 6.16. The first-order valence-electron chi connectivity index (χ1n) is 8.90. The monoisotopic (exact) mass is 394 g/mol. The van der Waals surface area contributed by atoms with Crippen LogP contribution in [-0.4, -0.2) is 32.2 Å². The average molecular weight is 394 g/mol. The number of amides is 1. The molecule has 0 heterocycles. The summed E-state index contributed by atoms with van der Waals surface area (Å²) in [6, 6.07) is 25.6. The van der Waals surface area contributed by atoms with E-state index in [4.69, 9.17) is 0 Å². The molecular weight excluding hydrogens is 372 g/mol. The van der Waals surface area contributed by atoms with Crippen LogP contribution in [0.4, 0.5) is 5.69 Å². The zero-order valence-electron chi connectivity index (χ0n) is 15.6. The number of para-hydroxylation sites is 1. The summed E-state index contributed by atoms with van der Waals surface area (Å²) in [7, 11) is -2.31. The molecule has 0 aliphatic carbocycles. The molecule has 28 heavy (non-hydrogen) atoms. The lowest BCUT2D eigenvalue weighted by Crippen LogP contribution is -2.35. The van der Waals surface area contributed by atoms with Crippen molar-refractivity contribution in [1.29, 1.82) is 0 Å². The number of hydrogen-bond acceptors (Lipinski definition) is 3. The summed E-state index contributed by atoms with van der Waals surface area (Å²) in [5.41, 5.74) is 2.78. The molecule has 0 bridgehead atoms. The van der Waals surface area contributed by atoms with E-state index in [-0.39, 0.29) is 17.3 Å². The van der Waals surface area contributed by atoms with Gasteiger partial charge >= 0.3 is 0 Å². The molecule has 0 aromatic heterocycles. The fourth-order valence-electron chi connectivity index (χ4n) is 2.86. The van der Waals surface area contributed by atoms with Gasteiger partial charge in [-0.1, -0.05) is 66.7 Å². The van der Waals surface area contributed by atoms with E-state index in [2.05, 4.69) is 5.32 Å². The summed E-state index contributed by atoms with van der Waals surface area (Å²) in [5, 5.41) is 2.84. The molecule has 0 spiro atoms. The smallest absolute Gasteiger partial charge is 0.243 e. The molecule has 0 saturated heterocycles. The van der Waals surface area contributed by atoms with Crippen LogP contribution in [0.25, 0.3) is 0 Å². The van der Waals surface area contributed by atoms with Gasteiger partial charge in [-0.15, -0.1) is 0 Å². The predicted molar refractivity (Wildman–Crippen MR) is 111 cm³/mol. The van der Waals surface area contributed by atoms with Crippen molar-refractivity contribution in [1.82, 2.24) is 4.31 Å². The quantitative estimate of drug-likeness (QED) is 0.667. The zero-order chi connectivity index (χ0) is 20.0. The standard InChI is InChI=1S/C22H22N2O3S/c1-24(28(26,27)20-13-6-3-7-14-20)17-22(25)23-21-15-9-8-12-19(21)16-18-10-4-2-5-11-18/h2-15H,16-17H2,1H3,(H,23,25). The molecule has 0 unspecified atom stereocenters. The zero-order valence-corrected chi connectivity index (χ0v) is 16.4. The summed E-state index contributed by atoms with van der Waals surface area (Å²) < 4.78 is 26.2. The third kappa shape index (κ3) is 4.85. The second-order valence-electron chi connectivity index (χ2n) is 6.44. The lowest BCUT2D eigenvalue weighted by atomic mass is 10.0. The van der Waals surface area contributed by atoms with E-state index in [1.165, 1.54) is 19.2 Å². The number of sulfonamides is 1. The molecule has 0 atom stereocenters. The Hall–Kier alpha value is -2.96. The molecule has 6 heteroatoms. The Morgan fingerprint density at radius 3 is 2.11 bits per heavy atom. The third-order valence-electron chi connectivity index (χ3n) is 4.35. The summed E-state index contributed by atoms with van der Waals surface area (Å²) in [6.45, 7) is -0.267. The van der Waals surface area contributed by atoms with Crippen LogP contribution >= 0.6 is 0 Å². The van der Waals surface area contributed by atoms with E-state index in [0.29, 0.717) is 12.1 Å².